The van der Waals surface area contributed by atoms with Crippen molar-refractivity contribution in [3.63, 3.8) is 0 Å². The summed E-state index contributed by atoms with van der Waals surface area (Å²) in [5.74, 6) is 0. The van der Waals surface area contributed by atoms with Gasteiger partial charge in [0, 0.05) is 11.1 Å². The summed E-state index contributed by atoms with van der Waals surface area (Å²) in [5, 5.41) is 0. The minimum atomic E-state index is 0.295. The number of likely N-dealkylation sites (tertiary alicyclic amines) is 1. The van der Waals surface area contributed by atoms with E-state index in [9.17, 15) is 0 Å². The van der Waals surface area contributed by atoms with Gasteiger partial charge >= 0.3 is 0 Å². The van der Waals surface area contributed by atoms with Crippen LogP contribution in [0.4, 0.5) is 0 Å². The topological polar surface area (TPSA) is 3.24 Å². The molecule has 0 saturated carbocycles. The van der Waals surface area contributed by atoms with Gasteiger partial charge in [-0.1, -0.05) is 6.58 Å². The van der Waals surface area contributed by atoms with Crippen LogP contribution in [0.15, 0.2) is 12.8 Å². The molecule has 0 bridgehead atoms. The lowest BCUT2D eigenvalue weighted by Gasteiger charge is -2.52. The van der Waals surface area contributed by atoms with Crippen LogP contribution in [0.1, 0.15) is 47.0 Å². The molecule has 0 spiro atoms. The zero-order valence-electron chi connectivity index (χ0n) is 8.85. The fourth-order valence-corrected chi connectivity index (χ4v) is 2.51. The van der Waals surface area contributed by atoms with Crippen LogP contribution in [0, 0.1) is 0 Å². The highest BCUT2D eigenvalue weighted by Gasteiger charge is 2.38. The molecule has 70 valence electrons. The maximum Gasteiger partial charge on any atom is 0.0345 e. The van der Waals surface area contributed by atoms with E-state index in [1.54, 1.807) is 0 Å². The van der Waals surface area contributed by atoms with Crippen LogP contribution >= 0.6 is 0 Å². The molecule has 1 aliphatic heterocycles. The highest BCUT2D eigenvalue weighted by molar-refractivity contribution is 5.00. The molecule has 0 unspecified atom stereocenters. The first-order chi connectivity index (χ1) is 5.40. The summed E-state index contributed by atoms with van der Waals surface area (Å²) in [5.41, 5.74) is 0.590. The fourth-order valence-electron chi connectivity index (χ4n) is 2.51. The van der Waals surface area contributed by atoms with Crippen molar-refractivity contribution in [1.82, 2.24) is 4.90 Å². The summed E-state index contributed by atoms with van der Waals surface area (Å²) in [6, 6.07) is 0. The van der Waals surface area contributed by atoms with Crippen LogP contribution in [0.2, 0.25) is 0 Å². The molecule has 12 heavy (non-hydrogen) atoms. The Bertz CT molecular complexity index is 163. The summed E-state index contributed by atoms with van der Waals surface area (Å²) in [4.78, 5) is 2.41. The van der Waals surface area contributed by atoms with Gasteiger partial charge in [0.15, 0.2) is 0 Å². The van der Waals surface area contributed by atoms with E-state index in [1.165, 1.54) is 19.3 Å². The van der Waals surface area contributed by atoms with Crippen LogP contribution in [0.25, 0.3) is 0 Å². The van der Waals surface area contributed by atoms with Crippen molar-refractivity contribution < 1.29 is 0 Å². The largest absolute Gasteiger partial charge is 0.368 e. The Kier molecular flexibility index (Phi) is 2.24. The maximum atomic E-state index is 3.90. The van der Waals surface area contributed by atoms with Crippen LogP contribution in [-0.4, -0.2) is 16.0 Å². The zero-order chi connectivity index (χ0) is 9.41. The van der Waals surface area contributed by atoms with Crippen molar-refractivity contribution in [2.24, 2.45) is 0 Å². The molecule has 0 aliphatic carbocycles. The van der Waals surface area contributed by atoms with E-state index in [2.05, 4.69) is 39.2 Å². The van der Waals surface area contributed by atoms with Crippen molar-refractivity contribution in [3.05, 3.63) is 12.8 Å². The van der Waals surface area contributed by atoms with Gasteiger partial charge in [0.25, 0.3) is 0 Å². The predicted octanol–water partition coefficient (Wildman–Crippen LogP) is 3.17. The third kappa shape index (κ3) is 1.50. The van der Waals surface area contributed by atoms with E-state index >= 15 is 0 Å². The van der Waals surface area contributed by atoms with Crippen LogP contribution in [-0.2, 0) is 0 Å². The van der Waals surface area contributed by atoms with Gasteiger partial charge in [0.05, 0.1) is 0 Å². The van der Waals surface area contributed by atoms with Gasteiger partial charge in [-0.05, 0) is 53.2 Å². The number of rotatable bonds is 1. The molecule has 1 fully saturated rings. The Hall–Kier alpha value is -0.460. The molecule has 0 aromatic carbocycles. The summed E-state index contributed by atoms with van der Waals surface area (Å²) in [6.45, 7) is 13.1. The first-order valence-electron chi connectivity index (χ1n) is 4.82. The lowest BCUT2D eigenvalue weighted by atomic mass is 9.80. The van der Waals surface area contributed by atoms with E-state index in [0.29, 0.717) is 11.1 Å². The Morgan fingerprint density at radius 3 is 1.75 bits per heavy atom. The first kappa shape index (κ1) is 9.63. The molecular weight excluding hydrogens is 146 g/mol. The van der Waals surface area contributed by atoms with Gasteiger partial charge in [-0.25, -0.2) is 0 Å². The molecule has 0 aromatic rings. The first-order valence-corrected chi connectivity index (χ1v) is 4.82. The Morgan fingerprint density at radius 1 is 1.08 bits per heavy atom. The van der Waals surface area contributed by atoms with E-state index in [4.69, 9.17) is 0 Å². The molecule has 1 heteroatoms. The maximum absolute atomic E-state index is 3.90. The third-order valence-corrected chi connectivity index (χ3v) is 3.06. The molecule has 1 heterocycles. The minimum Gasteiger partial charge on any atom is -0.368 e. The van der Waals surface area contributed by atoms with Gasteiger partial charge < -0.3 is 4.90 Å². The predicted molar refractivity (Wildman–Crippen MR) is 54.0 cm³/mol. The van der Waals surface area contributed by atoms with E-state index in [-0.39, 0.29) is 0 Å². The SMILES string of the molecule is C=CN1C(C)(C)CCCC1(C)C. The summed E-state index contributed by atoms with van der Waals surface area (Å²) < 4.78 is 0. The van der Waals surface area contributed by atoms with Crippen LogP contribution < -0.4 is 0 Å². The lowest BCUT2D eigenvalue weighted by Crippen LogP contribution is -2.55. The average Bonchev–Trinajstić information content (AvgIpc) is 1.83. The Morgan fingerprint density at radius 2 is 1.50 bits per heavy atom. The van der Waals surface area contributed by atoms with E-state index in [0.717, 1.165) is 0 Å². The van der Waals surface area contributed by atoms with Crippen LogP contribution in [0.3, 0.4) is 0 Å². The molecular formula is C11H21N. The van der Waals surface area contributed by atoms with Crippen LogP contribution in [0.5, 0.6) is 0 Å². The Balaban J connectivity index is 2.88. The van der Waals surface area contributed by atoms with Crippen molar-refractivity contribution in [1.29, 1.82) is 0 Å². The molecule has 1 aliphatic rings. The molecule has 0 amide bonds. The molecule has 1 nitrogen and oxygen atoms in total. The second kappa shape index (κ2) is 2.79. The van der Waals surface area contributed by atoms with Gasteiger partial charge in [0.1, 0.15) is 0 Å². The fraction of sp³-hybridized carbons (Fsp3) is 0.818. The monoisotopic (exact) mass is 167 g/mol. The molecule has 0 aromatic heterocycles. The Labute approximate surface area is 76.5 Å². The minimum absolute atomic E-state index is 0.295. The van der Waals surface area contributed by atoms with Crippen molar-refractivity contribution in [2.45, 2.75) is 58.0 Å². The van der Waals surface area contributed by atoms with Crippen molar-refractivity contribution >= 4 is 0 Å². The van der Waals surface area contributed by atoms with E-state index < -0.39 is 0 Å². The second-order valence-electron chi connectivity index (χ2n) is 5.03. The van der Waals surface area contributed by atoms with Gasteiger partial charge in [-0.15, -0.1) is 0 Å². The molecule has 0 atom stereocenters. The number of hydrogen-bond donors (Lipinski definition) is 0. The number of hydrogen-bond acceptors (Lipinski definition) is 1. The van der Waals surface area contributed by atoms with Crippen molar-refractivity contribution in [2.75, 3.05) is 0 Å². The smallest absolute Gasteiger partial charge is 0.0345 e. The second-order valence-corrected chi connectivity index (χ2v) is 5.03. The molecule has 0 radical (unpaired) electrons. The zero-order valence-corrected chi connectivity index (χ0v) is 8.85. The normalized spacial score (nSPS) is 26.8. The number of nitrogens with zero attached hydrogens (tertiary/aromatic N) is 1. The number of piperidine rings is 1. The molecule has 1 saturated heterocycles. The van der Waals surface area contributed by atoms with E-state index in [1.807, 2.05) is 6.20 Å². The summed E-state index contributed by atoms with van der Waals surface area (Å²) in [7, 11) is 0. The summed E-state index contributed by atoms with van der Waals surface area (Å²) >= 11 is 0. The molecule has 0 N–H and O–H groups in total. The summed E-state index contributed by atoms with van der Waals surface area (Å²) in [6.07, 6.45) is 5.90. The highest BCUT2D eigenvalue weighted by Crippen LogP contribution is 2.37. The lowest BCUT2D eigenvalue weighted by molar-refractivity contribution is 0.0195. The standard InChI is InChI=1S/C11H21N/c1-6-12-10(2,3)8-7-9-11(12,4)5/h6H,1,7-9H2,2-5H3. The quantitative estimate of drug-likeness (QED) is 0.580. The molecule has 1 rings (SSSR count). The van der Waals surface area contributed by atoms with Gasteiger partial charge in [0.2, 0.25) is 0 Å². The van der Waals surface area contributed by atoms with Crippen molar-refractivity contribution in [3.8, 4) is 0 Å². The highest BCUT2D eigenvalue weighted by atomic mass is 15.2. The van der Waals surface area contributed by atoms with Gasteiger partial charge in [-0.3, -0.25) is 0 Å². The van der Waals surface area contributed by atoms with Gasteiger partial charge in [-0.2, -0.15) is 0 Å². The average molecular weight is 167 g/mol. The third-order valence-electron chi connectivity index (χ3n) is 3.06.